The summed E-state index contributed by atoms with van der Waals surface area (Å²) in [5.74, 6) is -2.78. The van der Waals surface area contributed by atoms with Crippen LogP contribution >= 0.6 is 0 Å². The number of hydrogen-bond acceptors (Lipinski definition) is 5. The fraction of sp³-hybridized carbons (Fsp3) is 0.529. The average molecular weight is 387 g/mol. The minimum absolute atomic E-state index is 0.0803. The van der Waals surface area contributed by atoms with Crippen LogP contribution in [-0.4, -0.2) is 61.9 Å². The van der Waals surface area contributed by atoms with Crippen LogP contribution in [0, 0.1) is 5.82 Å². The Morgan fingerprint density at radius 1 is 1.31 bits per heavy atom. The molecule has 1 amide bonds. The Labute approximate surface area is 151 Å². The van der Waals surface area contributed by atoms with Crippen LogP contribution in [0.1, 0.15) is 36.5 Å². The van der Waals surface area contributed by atoms with E-state index in [4.69, 9.17) is 9.84 Å². The standard InChI is InChI=1S/C17H22FNO6S/c1-2-26(23,24)13-3-4-15(18)14(11-13)17(22)19(8-5-16(20)21)12-6-9-25-10-7-12/h3-4,11-12H,2,5-10H2,1H3,(H,20,21). The number of carbonyl (C=O) groups excluding carboxylic acids is 1. The second kappa shape index (κ2) is 8.59. The minimum atomic E-state index is -3.60. The molecule has 1 aliphatic heterocycles. The monoisotopic (exact) mass is 387 g/mol. The van der Waals surface area contributed by atoms with Gasteiger partial charge in [-0.2, -0.15) is 0 Å². The Morgan fingerprint density at radius 2 is 1.96 bits per heavy atom. The van der Waals surface area contributed by atoms with Gasteiger partial charge in [0, 0.05) is 25.8 Å². The topological polar surface area (TPSA) is 101 Å². The van der Waals surface area contributed by atoms with Crippen molar-refractivity contribution in [1.29, 1.82) is 0 Å². The smallest absolute Gasteiger partial charge is 0.305 e. The Morgan fingerprint density at radius 3 is 2.54 bits per heavy atom. The van der Waals surface area contributed by atoms with E-state index < -0.39 is 27.5 Å². The molecule has 1 saturated heterocycles. The molecule has 9 heteroatoms. The molecule has 1 aromatic rings. The largest absolute Gasteiger partial charge is 0.481 e. The summed E-state index contributed by atoms with van der Waals surface area (Å²) in [5, 5.41) is 8.93. The molecule has 0 aliphatic carbocycles. The summed E-state index contributed by atoms with van der Waals surface area (Å²) < 4.78 is 43.6. The highest BCUT2D eigenvalue weighted by atomic mass is 32.2. The molecule has 0 radical (unpaired) electrons. The minimum Gasteiger partial charge on any atom is -0.481 e. The van der Waals surface area contributed by atoms with E-state index in [9.17, 15) is 22.4 Å². The average Bonchev–Trinajstić information content (AvgIpc) is 2.62. The molecule has 0 aromatic heterocycles. The normalized spacial score (nSPS) is 15.6. The molecule has 26 heavy (non-hydrogen) atoms. The molecule has 1 aromatic carbocycles. The maximum absolute atomic E-state index is 14.3. The van der Waals surface area contributed by atoms with Crippen molar-refractivity contribution in [2.45, 2.75) is 37.1 Å². The maximum atomic E-state index is 14.3. The first kappa shape index (κ1) is 20.3. The predicted molar refractivity (Wildman–Crippen MR) is 91.3 cm³/mol. The zero-order valence-electron chi connectivity index (χ0n) is 14.5. The molecule has 0 spiro atoms. The van der Waals surface area contributed by atoms with Crippen molar-refractivity contribution < 1.29 is 32.2 Å². The summed E-state index contributed by atoms with van der Waals surface area (Å²) in [7, 11) is -3.60. The van der Waals surface area contributed by atoms with Gasteiger partial charge in [-0.05, 0) is 31.0 Å². The third kappa shape index (κ3) is 4.79. The van der Waals surface area contributed by atoms with Gasteiger partial charge in [-0.3, -0.25) is 9.59 Å². The second-order valence-electron chi connectivity index (χ2n) is 6.03. The SMILES string of the molecule is CCS(=O)(=O)c1ccc(F)c(C(=O)N(CCC(=O)O)C2CCOCC2)c1. The first-order chi connectivity index (χ1) is 12.3. The van der Waals surface area contributed by atoms with Gasteiger partial charge in [0.05, 0.1) is 22.6 Å². The molecule has 0 saturated carbocycles. The molecule has 7 nitrogen and oxygen atoms in total. The third-order valence-corrected chi connectivity index (χ3v) is 6.10. The first-order valence-electron chi connectivity index (χ1n) is 8.39. The molecule has 2 rings (SSSR count). The summed E-state index contributed by atoms with van der Waals surface area (Å²) in [4.78, 5) is 25.0. The van der Waals surface area contributed by atoms with E-state index in [1.165, 1.54) is 11.8 Å². The molecule has 1 fully saturated rings. The van der Waals surface area contributed by atoms with Gasteiger partial charge in [0.15, 0.2) is 9.84 Å². The molecule has 1 heterocycles. The number of hydrogen-bond donors (Lipinski definition) is 1. The molecule has 0 bridgehead atoms. The van der Waals surface area contributed by atoms with E-state index in [0.29, 0.717) is 26.1 Å². The zero-order valence-corrected chi connectivity index (χ0v) is 15.3. The third-order valence-electron chi connectivity index (χ3n) is 4.37. The van der Waals surface area contributed by atoms with Crippen LogP contribution in [0.25, 0.3) is 0 Å². The van der Waals surface area contributed by atoms with Crippen LogP contribution < -0.4 is 0 Å². The molecule has 1 aliphatic rings. The quantitative estimate of drug-likeness (QED) is 0.715. The molecule has 0 unspecified atom stereocenters. The van der Waals surface area contributed by atoms with E-state index in [1.54, 1.807) is 0 Å². The van der Waals surface area contributed by atoms with Crippen LogP contribution in [0.15, 0.2) is 23.1 Å². The first-order valence-corrected chi connectivity index (χ1v) is 10.0. The van der Waals surface area contributed by atoms with Gasteiger partial charge in [-0.1, -0.05) is 6.92 Å². The van der Waals surface area contributed by atoms with Gasteiger partial charge in [0.1, 0.15) is 5.82 Å². The Balaban J connectivity index is 2.37. The van der Waals surface area contributed by atoms with Gasteiger partial charge in [0.25, 0.3) is 5.91 Å². The highest BCUT2D eigenvalue weighted by molar-refractivity contribution is 7.91. The number of benzene rings is 1. The second-order valence-corrected chi connectivity index (χ2v) is 8.31. The fourth-order valence-electron chi connectivity index (χ4n) is 2.85. The molecular formula is C17H22FNO6S. The number of halogens is 1. The summed E-state index contributed by atoms with van der Waals surface area (Å²) in [6.45, 7) is 2.23. The maximum Gasteiger partial charge on any atom is 0.305 e. The van der Waals surface area contributed by atoms with Crippen LogP contribution in [0.5, 0.6) is 0 Å². The van der Waals surface area contributed by atoms with Crippen molar-refractivity contribution in [3.8, 4) is 0 Å². The fourth-order valence-corrected chi connectivity index (χ4v) is 3.75. The van der Waals surface area contributed by atoms with E-state index in [2.05, 4.69) is 0 Å². The van der Waals surface area contributed by atoms with E-state index in [1.807, 2.05) is 0 Å². The number of ether oxygens (including phenoxy) is 1. The highest BCUT2D eigenvalue weighted by Crippen LogP contribution is 2.22. The lowest BCUT2D eigenvalue weighted by Crippen LogP contribution is -2.44. The lowest BCUT2D eigenvalue weighted by Gasteiger charge is -2.34. The number of carboxylic acids is 1. The zero-order chi connectivity index (χ0) is 19.3. The summed E-state index contributed by atoms with van der Waals surface area (Å²) in [5.41, 5.74) is -0.364. The summed E-state index contributed by atoms with van der Waals surface area (Å²) >= 11 is 0. The summed E-state index contributed by atoms with van der Waals surface area (Å²) in [6.07, 6.45) is 0.748. The summed E-state index contributed by atoms with van der Waals surface area (Å²) in [6, 6.07) is 2.83. The number of nitrogens with zero attached hydrogens (tertiary/aromatic N) is 1. The van der Waals surface area contributed by atoms with Crippen molar-refractivity contribution >= 4 is 21.7 Å². The van der Waals surface area contributed by atoms with Gasteiger partial charge in [0.2, 0.25) is 0 Å². The van der Waals surface area contributed by atoms with Gasteiger partial charge < -0.3 is 14.7 Å². The van der Waals surface area contributed by atoms with Gasteiger partial charge in [-0.15, -0.1) is 0 Å². The number of rotatable bonds is 7. The molecule has 1 N–H and O–H groups in total. The lowest BCUT2D eigenvalue weighted by atomic mass is 10.0. The van der Waals surface area contributed by atoms with Crippen molar-refractivity contribution in [2.24, 2.45) is 0 Å². The predicted octanol–water partition coefficient (Wildman–Crippen LogP) is 1.72. The van der Waals surface area contributed by atoms with Gasteiger partial charge in [-0.25, -0.2) is 12.8 Å². The Bertz CT molecular complexity index is 773. The van der Waals surface area contributed by atoms with Crippen LogP contribution in [0.3, 0.4) is 0 Å². The molecule has 0 atom stereocenters. The van der Waals surface area contributed by atoms with E-state index in [0.717, 1.165) is 18.2 Å². The number of aliphatic carboxylic acids is 1. The Kier molecular flexibility index (Phi) is 6.71. The van der Waals surface area contributed by atoms with E-state index >= 15 is 0 Å². The van der Waals surface area contributed by atoms with Crippen molar-refractivity contribution in [3.05, 3.63) is 29.6 Å². The number of carbonyl (C=O) groups is 2. The van der Waals surface area contributed by atoms with Gasteiger partial charge >= 0.3 is 5.97 Å². The van der Waals surface area contributed by atoms with Crippen LogP contribution in [0.4, 0.5) is 4.39 Å². The number of amides is 1. The lowest BCUT2D eigenvalue weighted by molar-refractivity contribution is -0.137. The number of carboxylic acid groups (broad SMARTS) is 1. The van der Waals surface area contributed by atoms with Crippen LogP contribution in [0.2, 0.25) is 0 Å². The number of sulfone groups is 1. The van der Waals surface area contributed by atoms with E-state index in [-0.39, 0.29) is 35.2 Å². The van der Waals surface area contributed by atoms with Crippen LogP contribution in [-0.2, 0) is 19.4 Å². The van der Waals surface area contributed by atoms with Crippen molar-refractivity contribution in [1.82, 2.24) is 4.90 Å². The van der Waals surface area contributed by atoms with Crippen molar-refractivity contribution in [3.63, 3.8) is 0 Å². The molecule has 144 valence electrons. The Hall–Kier alpha value is -2.00. The molecular weight excluding hydrogens is 365 g/mol. The van der Waals surface area contributed by atoms with Crippen molar-refractivity contribution in [2.75, 3.05) is 25.5 Å². The highest BCUT2D eigenvalue weighted by Gasteiger charge is 2.29.